The van der Waals surface area contributed by atoms with Crippen molar-refractivity contribution >= 4 is 28.6 Å². The Morgan fingerprint density at radius 2 is 2.21 bits per heavy atom. The molecule has 106 valence electrons. The van der Waals surface area contributed by atoms with Crippen LogP contribution in [0.3, 0.4) is 0 Å². The molecule has 6 heteroatoms. The summed E-state index contributed by atoms with van der Waals surface area (Å²) < 4.78 is 13.5. The number of nitrogens with zero attached hydrogens (tertiary/aromatic N) is 2. The number of esters is 1. The first-order valence-corrected chi connectivity index (χ1v) is 7.44. The number of hydrogen-bond donors (Lipinski definition) is 0. The van der Waals surface area contributed by atoms with Crippen molar-refractivity contribution in [3.8, 4) is 5.88 Å². The van der Waals surface area contributed by atoms with Crippen molar-refractivity contribution in [2.24, 2.45) is 5.92 Å². The second-order valence-electron chi connectivity index (χ2n) is 5.94. The number of aromatic nitrogens is 2. The molecule has 1 aromatic rings. The summed E-state index contributed by atoms with van der Waals surface area (Å²) in [6, 6.07) is 0. The van der Waals surface area contributed by atoms with E-state index in [2.05, 4.69) is 34.6 Å². The van der Waals surface area contributed by atoms with Crippen LogP contribution in [-0.2, 0) is 16.1 Å². The molecule has 0 bridgehead atoms. The van der Waals surface area contributed by atoms with Gasteiger partial charge >= 0.3 is 5.97 Å². The molecule has 1 heterocycles. The highest BCUT2D eigenvalue weighted by molar-refractivity contribution is 14.1. The SMILES string of the molecule is CC1CC1Oc1nn(CC(=O)OC(C)(C)C)cc1I. The van der Waals surface area contributed by atoms with Gasteiger partial charge in [0.25, 0.3) is 0 Å². The molecule has 0 aliphatic heterocycles. The summed E-state index contributed by atoms with van der Waals surface area (Å²) in [7, 11) is 0. The van der Waals surface area contributed by atoms with Gasteiger partial charge in [0, 0.05) is 6.20 Å². The van der Waals surface area contributed by atoms with Gasteiger partial charge in [-0.15, -0.1) is 5.10 Å². The summed E-state index contributed by atoms with van der Waals surface area (Å²) in [5.74, 6) is 0.919. The number of halogens is 1. The minimum atomic E-state index is -0.472. The van der Waals surface area contributed by atoms with E-state index in [1.807, 2.05) is 20.8 Å². The highest BCUT2D eigenvalue weighted by atomic mass is 127. The number of carbonyl (C=O) groups is 1. The van der Waals surface area contributed by atoms with E-state index >= 15 is 0 Å². The van der Waals surface area contributed by atoms with E-state index in [0.29, 0.717) is 11.8 Å². The third kappa shape index (κ3) is 4.36. The highest BCUT2D eigenvalue weighted by Gasteiger charge is 2.36. The molecule has 1 aliphatic rings. The molecule has 2 atom stereocenters. The monoisotopic (exact) mass is 378 g/mol. The van der Waals surface area contributed by atoms with Gasteiger partial charge < -0.3 is 9.47 Å². The minimum Gasteiger partial charge on any atom is -0.472 e. The lowest BCUT2D eigenvalue weighted by Crippen LogP contribution is -2.26. The van der Waals surface area contributed by atoms with E-state index in [0.717, 1.165) is 9.99 Å². The lowest BCUT2D eigenvalue weighted by molar-refractivity contribution is -0.155. The molecule has 5 nitrogen and oxygen atoms in total. The van der Waals surface area contributed by atoms with Gasteiger partial charge in [-0.1, -0.05) is 6.92 Å². The topological polar surface area (TPSA) is 53.4 Å². The molecule has 2 rings (SSSR count). The Hall–Kier alpha value is -0.790. The molecule has 1 aromatic heterocycles. The van der Waals surface area contributed by atoms with Gasteiger partial charge in [0.1, 0.15) is 18.2 Å². The fourth-order valence-corrected chi connectivity index (χ4v) is 2.20. The fraction of sp³-hybridized carbons (Fsp3) is 0.692. The van der Waals surface area contributed by atoms with E-state index in [1.165, 1.54) is 0 Å². The van der Waals surface area contributed by atoms with Crippen molar-refractivity contribution in [3.63, 3.8) is 0 Å². The Kier molecular flexibility index (Phi) is 4.08. The second-order valence-corrected chi connectivity index (χ2v) is 7.10. The van der Waals surface area contributed by atoms with E-state index in [4.69, 9.17) is 9.47 Å². The van der Waals surface area contributed by atoms with Crippen molar-refractivity contribution < 1.29 is 14.3 Å². The molecule has 0 aromatic carbocycles. The Labute approximate surface area is 126 Å². The summed E-state index contributed by atoms with van der Waals surface area (Å²) >= 11 is 2.16. The average Bonchev–Trinajstić information content (AvgIpc) is 2.78. The lowest BCUT2D eigenvalue weighted by Gasteiger charge is -2.19. The minimum absolute atomic E-state index is 0.108. The normalized spacial score (nSPS) is 22.2. The third-order valence-corrected chi connectivity index (χ3v) is 3.44. The van der Waals surface area contributed by atoms with Crippen LogP contribution in [0, 0.1) is 9.49 Å². The van der Waals surface area contributed by atoms with Crippen LogP contribution in [0.5, 0.6) is 5.88 Å². The van der Waals surface area contributed by atoms with Crippen LogP contribution in [0.2, 0.25) is 0 Å². The van der Waals surface area contributed by atoms with Crippen molar-refractivity contribution in [2.45, 2.75) is 52.4 Å². The molecule has 0 saturated heterocycles. The molecule has 2 unspecified atom stereocenters. The van der Waals surface area contributed by atoms with Crippen LogP contribution in [0.4, 0.5) is 0 Å². The van der Waals surface area contributed by atoms with E-state index in [-0.39, 0.29) is 18.6 Å². The van der Waals surface area contributed by atoms with Gasteiger partial charge in [-0.25, -0.2) is 0 Å². The number of rotatable bonds is 4. The van der Waals surface area contributed by atoms with Gasteiger partial charge in [0.2, 0.25) is 5.88 Å². The number of ether oxygens (including phenoxy) is 2. The maximum Gasteiger partial charge on any atom is 0.328 e. The molecule has 0 spiro atoms. The second kappa shape index (κ2) is 5.30. The van der Waals surface area contributed by atoms with Crippen molar-refractivity contribution in [2.75, 3.05) is 0 Å². The largest absolute Gasteiger partial charge is 0.472 e. The molecule has 0 radical (unpaired) electrons. The van der Waals surface area contributed by atoms with Gasteiger partial charge in [-0.2, -0.15) is 0 Å². The first kappa shape index (κ1) is 14.6. The zero-order valence-electron chi connectivity index (χ0n) is 11.6. The van der Waals surface area contributed by atoms with Gasteiger partial charge in [-0.05, 0) is 55.7 Å². The summed E-state index contributed by atoms with van der Waals surface area (Å²) in [6.45, 7) is 7.80. The Morgan fingerprint density at radius 1 is 1.58 bits per heavy atom. The van der Waals surface area contributed by atoms with Crippen LogP contribution in [0.15, 0.2) is 6.20 Å². The lowest BCUT2D eigenvalue weighted by atomic mass is 10.2. The first-order chi connectivity index (χ1) is 8.74. The van der Waals surface area contributed by atoms with Gasteiger partial charge in [0.05, 0.1) is 3.57 Å². The van der Waals surface area contributed by atoms with E-state index in [9.17, 15) is 4.79 Å². The zero-order chi connectivity index (χ0) is 14.2. The molecular formula is C13H19IN2O3. The zero-order valence-corrected chi connectivity index (χ0v) is 13.8. The van der Waals surface area contributed by atoms with Gasteiger partial charge in [-0.3, -0.25) is 9.48 Å². The maximum absolute atomic E-state index is 11.7. The van der Waals surface area contributed by atoms with E-state index < -0.39 is 5.60 Å². The van der Waals surface area contributed by atoms with Crippen LogP contribution in [-0.4, -0.2) is 27.5 Å². The highest BCUT2D eigenvalue weighted by Crippen LogP contribution is 2.34. The van der Waals surface area contributed by atoms with Crippen LogP contribution < -0.4 is 4.74 Å². The van der Waals surface area contributed by atoms with Crippen LogP contribution in [0.1, 0.15) is 34.1 Å². The van der Waals surface area contributed by atoms with Crippen molar-refractivity contribution in [1.82, 2.24) is 9.78 Å². The molecular weight excluding hydrogens is 359 g/mol. The average molecular weight is 378 g/mol. The predicted molar refractivity (Wildman–Crippen MR) is 79.0 cm³/mol. The third-order valence-electron chi connectivity index (χ3n) is 2.70. The molecule has 0 N–H and O–H groups in total. The van der Waals surface area contributed by atoms with Crippen LogP contribution >= 0.6 is 22.6 Å². The standard InChI is InChI=1S/C13H19IN2O3/c1-8-5-10(8)18-12-9(14)6-16(15-12)7-11(17)19-13(2,3)4/h6,8,10H,5,7H2,1-4H3. The van der Waals surface area contributed by atoms with Gasteiger partial charge in [0.15, 0.2) is 0 Å². The summed E-state index contributed by atoms with van der Waals surface area (Å²) in [5.41, 5.74) is -0.472. The Morgan fingerprint density at radius 3 is 2.74 bits per heavy atom. The first-order valence-electron chi connectivity index (χ1n) is 6.36. The Bertz CT molecular complexity index is 479. The summed E-state index contributed by atoms with van der Waals surface area (Å²) in [4.78, 5) is 11.7. The smallest absolute Gasteiger partial charge is 0.328 e. The summed E-state index contributed by atoms with van der Waals surface area (Å²) in [5, 5.41) is 4.28. The quantitative estimate of drug-likeness (QED) is 0.597. The van der Waals surface area contributed by atoms with E-state index in [1.54, 1.807) is 10.9 Å². The molecule has 0 amide bonds. The molecule has 1 fully saturated rings. The molecule has 1 saturated carbocycles. The molecule has 19 heavy (non-hydrogen) atoms. The van der Waals surface area contributed by atoms with Crippen molar-refractivity contribution in [3.05, 3.63) is 9.77 Å². The number of carbonyl (C=O) groups excluding carboxylic acids is 1. The fourth-order valence-electron chi connectivity index (χ4n) is 1.64. The maximum atomic E-state index is 11.7. The summed E-state index contributed by atoms with van der Waals surface area (Å²) in [6.07, 6.45) is 3.15. The Balaban J connectivity index is 1.94. The number of hydrogen-bond acceptors (Lipinski definition) is 4. The van der Waals surface area contributed by atoms with Crippen LogP contribution in [0.25, 0.3) is 0 Å². The molecule has 1 aliphatic carbocycles. The predicted octanol–water partition coefficient (Wildman–Crippen LogP) is 2.62. The van der Waals surface area contributed by atoms with Crippen molar-refractivity contribution in [1.29, 1.82) is 0 Å².